The molecule has 1 fully saturated rings. The molecule has 1 saturated heterocycles. The van der Waals surface area contributed by atoms with Crippen molar-refractivity contribution in [1.29, 1.82) is 0 Å². The summed E-state index contributed by atoms with van der Waals surface area (Å²) in [4.78, 5) is 17.4. The molecule has 1 aromatic heterocycles. The molecule has 2 rings (SSSR count). The van der Waals surface area contributed by atoms with E-state index in [0.717, 1.165) is 30.6 Å². The normalized spacial score (nSPS) is 19.9. The monoisotopic (exact) mass is 268 g/mol. The van der Waals surface area contributed by atoms with Crippen molar-refractivity contribution in [3.05, 3.63) is 16.1 Å². The van der Waals surface area contributed by atoms with Gasteiger partial charge < -0.3 is 10.0 Å². The third-order valence-electron chi connectivity index (χ3n) is 3.57. The van der Waals surface area contributed by atoms with Crippen LogP contribution in [0.25, 0.3) is 0 Å². The molecule has 1 aromatic rings. The average Bonchev–Trinajstić information content (AvgIpc) is 2.81. The first-order valence-corrected chi connectivity index (χ1v) is 7.35. The Morgan fingerprint density at radius 2 is 2.28 bits per heavy atom. The van der Waals surface area contributed by atoms with E-state index in [2.05, 4.69) is 23.7 Å². The minimum atomic E-state index is -0.934. The topological polar surface area (TPSA) is 53.4 Å². The molecule has 1 atom stereocenters. The number of carbonyl (C=O) groups is 1. The molecule has 1 N–H and O–H groups in total. The molecule has 0 radical (unpaired) electrons. The summed E-state index contributed by atoms with van der Waals surface area (Å²) in [5, 5.41) is 11.4. The van der Waals surface area contributed by atoms with Crippen molar-refractivity contribution in [2.75, 3.05) is 19.6 Å². The summed E-state index contributed by atoms with van der Waals surface area (Å²) < 4.78 is 0. The third kappa shape index (κ3) is 3.29. The highest BCUT2D eigenvalue weighted by atomic mass is 32.1. The quantitative estimate of drug-likeness (QED) is 0.912. The van der Waals surface area contributed by atoms with Gasteiger partial charge in [-0.3, -0.25) is 0 Å². The fourth-order valence-electron chi connectivity index (χ4n) is 2.32. The number of aromatic nitrogens is 1. The highest BCUT2D eigenvalue weighted by Crippen LogP contribution is 2.23. The van der Waals surface area contributed by atoms with Crippen LogP contribution in [-0.4, -0.2) is 40.6 Å². The van der Waals surface area contributed by atoms with Gasteiger partial charge in [0, 0.05) is 17.8 Å². The van der Waals surface area contributed by atoms with Gasteiger partial charge >= 0.3 is 5.97 Å². The molecular formula is C13H20N2O2S. The lowest BCUT2D eigenvalue weighted by molar-refractivity contribution is 0.0691. The van der Waals surface area contributed by atoms with Gasteiger partial charge in [-0.15, -0.1) is 11.3 Å². The van der Waals surface area contributed by atoms with Crippen LogP contribution in [0.1, 0.15) is 48.1 Å². The first kappa shape index (κ1) is 13.5. The maximum Gasteiger partial charge on any atom is 0.355 e. The lowest BCUT2D eigenvalue weighted by Crippen LogP contribution is -2.35. The van der Waals surface area contributed by atoms with Crippen LogP contribution in [0, 0.1) is 5.92 Å². The first-order valence-electron chi connectivity index (χ1n) is 6.47. The number of thiazole rings is 1. The molecule has 0 aliphatic carbocycles. The Morgan fingerprint density at radius 3 is 2.83 bits per heavy atom. The van der Waals surface area contributed by atoms with E-state index < -0.39 is 5.97 Å². The van der Waals surface area contributed by atoms with Crippen LogP contribution >= 0.6 is 11.3 Å². The molecule has 0 amide bonds. The standard InChI is InChI=1S/C13H20N2O2S/c1-9-3-5-15(6-4-9)7-10(2)12-14-11(8-18-12)13(16)17/h8-10H,3-7H2,1-2H3,(H,16,17). The van der Waals surface area contributed by atoms with Gasteiger partial charge in [-0.05, 0) is 31.8 Å². The third-order valence-corrected chi connectivity index (χ3v) is 4.65. The number of rotatable bonds is 4. The van der Waals surface area contributed by atoms with E-state index in [1.165, 1.54) is 24.2 Å². The van der Waals surface area contributed by atoms with Gasteiger partial charge in [-0.1, -0.05) is 13.8 Å². The van der Waals surface area contributed by atoms with Crippen LogP contribution in [-0.2, 0) is 0 Å². The lowest BCUT2D eigenvalue weighted by atomic mass is 9.98. The van der Waals surface area contributed by atoms with E-state index >= 15 is 0 Å². The highest BCUT2D eigenvalue weighted by molar-refractivity contribution is 7.09. The van der Waals surface area contributed by atoms with Crippen molar-refractivity contribution in [2.24, 2.45) is 5.92 Å². The van der Waals surface area contributed by atoms with Crippen molar-refractivity contribution in [1.82, 2.24) is 9.88 Å². The molecule has 0 saturated carbocycles. The Hall–Kier alpha value is -0.940. The first-order chi connectivity index (χ1) is 8.56. The van der Waals surface area contributed by atoms with Crippen molar-refractivity contribution >= 4 is 17.3 Å². The zero-order valence-corrected chi connectivity index (χ0v) is 11.7. The Morgan fingerprint density at radius 1 is 1.61 bits per heavy atom. The summed E-state index contributed by atoms with van der Waals surface area (Å²) in [5.41, 5.74) is 0.175. The van der Waals surface area contributed by atoms with Gasteiger partial charge in [-0.2, -0.15) is 0 Å². The number of carboxylic acids is 1. The second-order valence-corrected chi connectivity index (χ2v) is 6.15. The number of nitrogens with zero attached hydrogens (tertiary/aromatic N) is 2. The highest BCUT2D eigenvalue weighted by Gasteiger charge is 2.20. The van der Waals surface area contributed by atoms with Crippen molar-refractivity contribution in [3.63, 3.8) is 0 Å². The second-order valence-electron chi connectivity index (χ2n) is 5.26. The number of piperidine rings is 1. The zero-order chi connectivity index (χ0) is 13.1. The Kier molecular flexibility index (Phi) is 4.35. The largest absolute Gasteiger partial charge is 0.476 e. The summed E-state index contributed by atoms with van der Waals surface area (Å²) in [6, 6.07) is 0. The number of likely N-dealkylation sites (tertiary alicyclic amines) is 1. The smallest absolute Gasteiger partial charge is 0.355 e. The summed E-state index contributed by atoms with van der Waals surface area (Å²) in [5.74, 6) is 0.225. The fourth-order valence-corrected chi connectivity index (χ4v) is 3.17. The number of hydrogen-bond acceptors (Lipinski definition) is 4. The molecule has 1 aliphatic heterocycles. The molecular weight excluding hydrogens is 248 g/mol. The number of hydrogen-bond donors (Lipinski definition) is 1. The molecule has 2 heterocycles. The minimum absolute atomic E-state index is 0.175. The fraction of sp³-hybridized carbons (Fsp3) is 0.692. The molecule has 4 nitrogen and oxygen atoms in total. The Bertz CT molecular complexity index is 411. The predicted molar refractivity (Wildman–Crippen MR) is 72.3 cm³/mol. The van der Waals surface area contributed by atoms with Crippen molar-refractivity contribution in [3.8, 4) is 0 Å². The lowest BCUT2D eigenvalue weighted by Gasteiger charge is -2.31. The van der Waals surface area contributed by atoms with Crippen LogP contribution in [0.4, 0.5) is 0 Å². The molecule has 0 bridgehead atoms. The van der Waals surface area contributed by atoms with Crippen molar-refractivity contribution < 1.29 is 9.90 Å². The molecule has 5 heteroatoms. The van der Waals surface area contributed by atoms with Gasteiger partial charge in [0.15, 0.2) is 5.69 Å². The molecule has 100 valence electrons. The van der Waals surface area contributed by atoms with E-state index in [0.29, 0.717) is 5.92 Å². The SMILES string of the molecule is CC1CCN(CC(C)c2nc(C(=O)O)cs2)CC1. The Labute approximate surface area is 112 Å². The van der Waals surface area contributed by atoms with Gasteiger partial charge in [0.1, 0.15) is 0 Å². The summed E-state index contributed by atoms with van der Waals surface area (Å²) in [6.45, 7) is 7.73. The van der Waals surface area contributed by atoms with Crippen LogP contribution in [0.5, 0.6) is 0 Å². The Balaban J connectivity index is 1.90. The van der Waals surface area contributed by atoms with Crippen LogP contribution in [0.2, 0.25) is 0 Å². The van der Waals surface area contributed by atoms with E-state index in [-0.39, 0.29) is 5.69 Å². The van der Waals surface area contributed by atoms with Gasteiger partial charge in [0.2, 0.25) is 0 Å². The summed E-state index contributed by atoms with van der Waals surface area (Å²) >= 11 is 1.46. The molecule has 1 aliphatic rings. The molecule has 1 unspecified atom stereocenters. The summed E-state index contributed by atoms with van der Waals surface area (Å²) in [7, 11) is 0. The minimum Gasteiger partial charge on any atom is -0.476 e. The van der Waals surface area contributed by atoms with Crippen LogP contribution in [0.15, 0.2) is 5.38 Å². The van der Waals surface area contributed by atoms with E-state index in [4.69, 9.17) is 5.11 Å². The second kappa shape index (κ2) is 5.80. The van der Waals surface area contributed by atoms with Crippen LogP contribution < -0.4 is 0 Å². The van der Waals surface area contributed by atoms with E-state index in [9.17, 15) is 4.79 Å². The van der Waals surface area contributed by atoms with E-state index in [1.807, 2.05) is 0 Å². The van der Waals surface area contributed by atoms with Crippen molar-refractivity contribution in [2.45, 2.75) is 32.6 Å². The molecule has 18 heavy (non-hydrogen) atoms. The number of aromatic carboxylic acids is 1. The maximum absolute atomic E-state index is 10.8. The van der Waals surface area contributed by atoms with E-state index in [1.54, 1.807) is 5.38 Å². The van der Waals surface area contributed by atoms with Gasteiger partial charge in [0.25, 0.3) is 0 Å². The number of carboxylic acid groups (broad SMARTS) is 1. The molecule has 0 aromatic carbocycles. The average molecular weight is 268 g/mol. The van der Waals surface area contributed by atoms with Gasteiger partial charge in [-0.25, -0.2) is 9.78 Å². The molecule has 0 spiro atoms. The summed E-state index contributed by atoms with van der Waals surface area (Å²) in [6.07, 6.45) is 2.54. The maximum atomic E-state index is 10.8. The predicted octanol–water partition coefficient (Wildman–Crippen LogP) is 2.68. The zero-order valence-electron chi connectivity index (χ0n) is 10.9. The van der Waals surface area contributed by atoms with Crippen LogP contribution in [0.3, 0.4) is 0 Å². The van der Waals surface area contributed by atoms with Gasteiger partial charge in [0.05, 0.1) is 5.01 Å².